The standard InChI is InChI=1S/C11H12BrN3OS/c12-10-2-1-8(17-10)3-4-14-11(16)9-5-7(13)6-15-9/h1-2,5-6,15H,3-4,13H2,(H,14,16). The summed E-state index contributed by atoms with van der Waals surface area (Å²) < 4.78 is 1.11. The van der Waals surface area contributed by atoms with E-state index in [0.29, 0.717) is 17.9 Å². The third-order valence-electron chi connectivity index (χ3n) is 2.24. The molecule has 0 fully saturated rings. The SMILES string of the molecule is Nc1c[nH]c(C(=O)NCCc2ccc(Br)s2)c1. The summed E-state index contributed by atoms with van der Waals surface area (Å²) in [5, 5.41) is 2.84. The molecule has 4 N–H and O–H groups in total. The number of carbonyl (C=O) groups excluding carboxylic acids is 1. The predicted octanol–water partition coefficient (Wildman–Crippen LogP) is 2.39. The molecule has 0 bridgehead atoms. The van der Waals surface area contributed by atoms with Crippen molar-refractivity contribution in [3.05, 3.63) is 38.8 Å². The number of rotatable bonds is 4. The summed E-state index contributed by atoms with van der Waals surface area (Å²) in [6.45, 7) is 0.616. The van der Waals surface area contributed by atoms with Crippen LogP contribution in [0.1, 0.15) is 15.4 Å². The van der Waals surface area contributed by atoms with Gasteiger partial charge in [-0.25, -0.2) is 0 Å². The highest BCUT2D eigenvalue weighted by Gasteiger charge is 2.06. The second kappa shape index (κ2) is 5.37. The Morgan fingerprint density at radius 2 is 2.35 bits per heavy atom. The maximum absolute atomic E-state index is 11.6. The molecule has 0 spiro atoms. The molecule has 0 aliphatic carbocycles. The predicted molar refractivity (Wildman–Crippen MR) is 73.3 cm³/mol. The van der Waals surface area contributed by atoms with E-state index < -0.39 is 0 Å². The van der Waals surface area contributed by atoms with Crippen molar-refractivity contribution in [2.24, 2.45) is 0 Å². The minimum absolute atomic E-state index is 0.127. The van der Waals surface area contributed by atoms with Gasteiger partial charge in [0.2, 0.25) is 0 Å². The Kier molecular flexibility index (Phi) is 3.86. The molecule has 0 atom stereocenters. The van der Waals surface area contributed by atoms with E-state index in [4.69, 9.17) is 5.73 Å². The van der Waals surface area contributed by atoms with Gasteiger partial charge in [-0.05, 0) is 40.5 Å². The lowest BCUT2D eigenvalue weighted by Gasteiger charge is -2.01. The summed E-state index contributed by atoms with van der Waals surface area (Å²) in [5.41, 5.74) is 6.59. The van der Waals surface area contributed by atoms with Crippen LogP contribution in [-0.2, 0) is 6.42 Å². The number of H-pyrrole nitrogens is 1. The van der Waals surface area contributed by atoms with E-state index >= 15 is 0 Å². The first-order valence-corrected chi connectivity index (χ1v) is 6.72. The molecule has 0 aliphatic heterocycles. The first-order valence-electron chi connectivity index (χ1n) is 5.11. The van der Waals surface area contributed by atoms with Gasteiger partial charge in [-0.15, -0.1) is 11.3 Å². The number of thiophene rings is 1. The third-order valence-corrected chi connectivity index (χ3v) is 3.92. The average molecular weight is 314 g/mol. The van der Waals surface area contributed by atoms with Crippen molar-refractivity contribution in [2.45, 2.75) is 6.42 Å². The Balaban J connectivity index is 1.81. The summed E-state index contributed by atoms with van der Waals surface area (Å²) in [5.74, 6) is -0.127. The van der Waals surface area contributed by atoms with Crippen LogP contribution >= 0.6 is 27.3 Å². The molecule has 2 aromatic rings. The van der Waals surface area contributed by atoms with Gasteiger partial charge in [-0.3, -0.25) is 4.79 Å². The summed E-state index contributed by atoms with van der Waals surface area (Å²) in [4.78, 5) is 15.7. The molecule has 2 aromatic heterocycles. The number of hydrogen-bond donors (Lipinski definition) is 3. The topological polar surface area (TPSA) is 70.9 Å². The quantitative estimate of drug-likeness (QED) is 0.811. The molecule has 0 aliphatic rings. The van der Waals surface area contributed by atoms with Gasteiger partial charge in [-0.2, -0.15) is 0 Å². The van der Waals surface area contributed by atoms with Crippen LogP contribution in [-0.4, -0.2) is 17.4 Å². The third kappa shape index (κ3) is 3.34. The van der Waals surface area contributed by atoms with Crippen LogP contribution in [0.2, 0.25) is 0 Å². The molecule has 0 saturated heterocycles. The fraction of sp³-hybridized carbons (Fsp3) is 0.182. The Morgan fingerprint density at radius 3 is 2.94 bits per heavy atom. The van der Waals surface area contributed by atoms with Crippen LogP contribution in [0.4, 0.5) is 5.69 Å². The molecular formula is C11H12BrN3OS. The van der Waals surface area contributed by atoms with Gasteiger partial charge >= 0.3 is 0 Å². The number of amides is 1. The summed E-state index contributed by atoms with van der Waals surface area (Å²) >= 11 is 5.08. The number of aromatic amines is 1. The minimum Gasteiger partial charge on any atom is -0.397 e. The number of aromatic nitrogens is 1. The Bertz CT molecular complexity index is 520. The van der Waals surface area contributed by atoms with E-state index in [9.17, 15) is 4.79 Å². The molecule has 0 unspecified atom stereocenters. The monoisotopic (exact) mass is 313 g/mol. The number of hydrogen-bond acceptors (Lipinski definition) is 3. The summed E-state index contributed by atoms with van der Waals surface area (Å²) in [6.07, 6.45) is 2.43. The van der Waals surface area contributed by atoms with Crippen LogP contribution in [0.3, 0.4) is 0 Å². The van der Waals surface area contributed by atoms with Crippen molar-refractivity contribution in [3.63, 3.8) is 0 Å². The molecule has 0 aromatic carbocycles. The lowest BCUT2D eigenvalue weighted by Crippen LogP contribution is -2.25. The Hall–Kier alpha value is -1.27. The lowest BCUT2D eigenvalue weighted by atomic mass is 10.3. The average Bonchev–Trinajstić information content (AvgIpc) is 2.88. The Morgan fingerprint density at radius 1 is 1.53 bits per heavy atom. The van der Waals surface area contributed by atoms with Gasteiger partial charge in [0.1, 0.15) is 5.69 Å². The molecule has 0 saturated carbocycles. The second-order valence-electron chi connectivity index (χ2n) is 3.56. The molecule has 2 heterocycles. The van der Waals surface area contributed by atoms with Crippen molar-refractivity contribution >= 4 is 38.9 Å². The first kappa shape index (κ1) is 12.2. The van der Waals surface area contributed by atoms with Crippen molar-refractivity contribution in [1.82, 2.24) is 10.3 Å². The van der Waals surface area contributed by atoms with Gasteiger partial charge in [0, 0.05) is 23.3 Å². The van der Waals surface area contributed by atoms with E-state index in [0.717, 1.165) is 10.2 Å². The van der Waals surface area contributed by atoms with Crippen molar-refractivity contribution < 1.29 is 4.79 Å². The normalized spacial score (nSPS) is 10.4. The van der Waals surface area contributed by atoms with E-state index in [-0.39, 0.29) is 5.91 Å². The molecule has 6 heteroatoms. The number of anilines is 1. The minimum atomic E-state index is -0.127. The lowest BCUT2D eigenvalue weighted by molar-refractivity contribution is 0.0950. The van der Waals surface area contributed by atoms with Gasteiger partial charge in [0.25, 0.3) is 5.91 Å². The molecule has 1 amide bonds. The van der Waals surface area contributed by atoms with Crippen LogP contribution in [0.15, 0.2) is 28.2 Å². The van der Waals surface area contributed by atoms with Crippen LogP contribution in [0.25, 0.3) is 0 Å². The van der Waals surface area contributed by atoms with Crippen molar-refractivity contribution in [2.75, 3.05) is 12.3 Å². The highest BCUT2D eigenvalue weighted by molar-refractivity contribution is 9.11. The number of nitrogens with one attached hydrogen (secondary N) is 2. The number of carbonyl (C=O) groups is 1. The fourth-order valence-electron chi connectivity index (χ4n) is 1.42. The van der Waals surface area contributed by atoms with Crippen LogP contribution in [0.5, 0.6) is 0 Å². The zero-order chi connectivity index (χ0) is 12.3. The van der Waals surface area contributed by atoms with E-state index in [1.165, 1.54) is 4.88 Å². The van der Waals surface area contributed by atoms with Crippen LogP contribution in [0, 0.1) is 0 Å². The number of halogens is 1. The number of nitrogen functional groups attached to an aromatic ring is 1. The zero-order valence-corrected chi connectivity index (χ0v) is 11.4. The first-order chi connectivity index (χ1) is 8.15. The van der Waals surface area contributed by atoms with E-state index in [1.807, 2.05) is 12.1 Å². The fourth-order valence-corrected chi connectivity index (χ4v) is 2.91. The molecule has 17 heavy (non-hydrogen) atoms. The van der Waals surface area contributed by atoms with Gasteiger partial charge < -0.3 is 16.0 Å². The Labute approximate surface area is 111 Å². The molecule has 0 radical (unpaired) electrons. The van der Waals surface area contributed by atoms with Gasteiger partial charge in [0.05, 0.1) is 3.79 Å². The summed E-state index contributed by atoms with van der Waals surface area (Å²) in [6, 6.07) is 5.68. The van der Waals surface area contributed by atoms with E-state index in [1.54, 1.807) is 23.6 Å². The van der Waals surface area contributed by atoms with Crippen LogP contribution < -0.4 is 11.1 Å². The van der Waals surface area contributed by atoms with Crippen molar-refractivity contribution in [1.29, 1.82) is 0 Å². The number of nitrogens with two attached hydrogens (primary N) is 1. The summed E-state index contributed by atoms with van der Waals surface area (Å²) in [7, 11) is 0. The zero-order valence-electron chi connectivity index (χ0n) is 9.00. The largest absolute Gasteiger partial charge is 0.397 e. The second-order valence-corrected chi connectivity index (χ2v) is 6.11. The maximum atomic E-state index is 11.6. The molecular weight excluding hydrogens is 302 g/mol. The highest BCUT2D eigenvalue weighted by Crippen LogP contribution is 2.22. The van der Waals surface area contributed by atoms with Gasteiger partial charge in [0.15, 0.2) is 0 Å². The van der Waals surface area contributed by atoms with Gasteiger partial charge in [-0.1, -0.05) is 0 Å². The molecule has 90 valence electrons. The molecule has 4 nitrogen and oxygen atoms in total. The molecule has 2 rings (SSSR count). The van der Waals surface area contributed by atoms with E-state index in [2.05, 4.69) is 26.2 Å². The van der Waals surface area contributed by atoms with Crippen molar-refractivity contribution in [3.8, 4) is 0 Å². The smallest absolute Gasteiger partial charge is 0.267 e. The highest BCUT2D eigenvalue weighted by atomic mass is 79.9. The maximum Gasteiger partial charge on any atom is 0.267 e.